The Morgan fingerprint density at radius 2 is 2.27 bits per heavy atom. The molecule has 2 amide bonds. The van der Waals surface area contributed by atoms with Gasteiger partial charge >= 0.3 is 0 Å². The molecule has 82 valence electrons. The maximum Gasteiger partial charge on any atom is 0.242 e. The fourth-order valence-corrected chi connectivity index (χ4v) is 2.05. The first-order valence-corrected chi connectivity index (χ1v) is 5.48. The molecule has 0 unspecified atom stereocenters. The second-order valence-corrected chi connectivity index (χ2v) is 4.10. The molecular formula is C11H16N2O2. The number of nitrogens with zero attached hydrogens (tertiary/aromatic N) is 1. The van der Waals surface area contributed by atoms with Crippen LogP contribution in [0.1, 0.15) is 25.7 Å². The Kier molecular flexibility index (Phi) is 3.04. The van der Waals surface area contributed by atoms with Crippen molar-refractivity contribution in [2.45, 2.75) is 25.7 Å². The van der Waals surface area contributed by atoms with Gasteiger partial charge in [0.1, 0.15) is 0 Å². The van der Waals surface area contributed by atoms with Gasteiger partial charge < -0.3 is 10.2 Å². The highest BCUT2D eigenvalue weighted by molar-refractivity contribution is 5.92. The van der Waals surface area contributed by atoms with Crippen LogP contribution in [0.2, 0.25) is 0 Å². The number of hydrogen-bond acceptors (Lipinski definition) is 2. The number of nitrogens with one attached hydrogen (secondary N) is 1. The van der Waals surface area contributed by atoms with Crippen LogP contribution < -0.4 is 5.32 Å². The van der Waals surface area contributed by atoms with Gasteiger partial charge in [-0.25, -0.2) is 0 Å². The molecule has 0 aromatic heterocycles. The van der Waals surface area contributed by atoms with Crippen molar-refractivity contribution in [2.24, 2.45) is 0 Å². The van der Waals surface area contributed by atoms with E-state index in [1.807, 2.05) is 0 Å². The molecule has 0 aromatic rings. The van der Waals surface area contributed by atoms with Crippen molar-refractivity contribution in [3.05, 3.63) is 11.6 Å². The van der Waals surface area contributed by atoms with E-state index in [4.69, 9.17) is 0 Å². The molecule has 0 radical (unpaired) electrons. The SMILES string of the molecule is O=C1CN(CCC2=CCCC2)C(=O)CN1. The number of carbonyl (C=O) groups is 2. The van der Waals surface area contributed by atoms with Crippen LogP contribution in [0.4, 0.5) is 0 Å². The maximum atomic E-state index is 11.4. The van der Waals surface area contributed by atoms with E-state index in [1.165, 1.54) is 18.4 Å². The average Bonchev–Trinajstić information content (AvgIpc) is 2.72. The predicted octanol–water partition coefficient (Wildman–Crippen LogP) is 0.445. The monoisotopic (exact) mass is 208 g/mol. The number of amides is 2. The van der Waals surface area contributed by atoms with Crippen molar-refractivity contribution in [1.82, 2.24) is 10.2 Å². The summed E-state index contributed by atoms with van der Waals surface area (Å²) in [4.78, 5) is 24.2. The van der Waals surface area contributed by atoms with Crippen molar-refractivity contribution >= 4 is 11.8 Å². The van der Waals surface area contributed by atoms with E-state index in [0.717, 1.165) is 12.8 Å². The number of allylic oxidation sites excluding steroid dienone is 1. The summed E-state index contributed by atoms with van der Waals surface area (Å²) in [5.41, 5.74) is 1.44. The van der Waals surface area contributed by atoms with E-state index < -0.39 is 0 Å². The molecule has 4 heteroatoms. The number of carbonyl (C=O) groups excluding carboxylic acids is 2. The largest absolute Gasteiger partial charge is 0.345 e. The first-order chi connectivity index (χ1) is 7.25. The van der Waals surface area contributed by atoms with Crippen molar-refractivity contribution in [3.8, 4) is 0 Å². The molecule has 1 N–H and O–H groups in total. The molecule has 0 saturated carbocycles. The zero-order valence-corrected chi connectivity index (χ0v) is 8.79. The minimum absolute atomic E-state index is 0.0354. The van der Waals surface area contributed by atoms with Crippen molar-refractivity contribution in [2.75, 3.05) is 19.6 Å². The van der Waals surface area contributed by atoms with Crippen molar-refractivity contribution < 1.29 is 9.59 Å². The third kappa shape index (κ3) is 2.58. The number of piperazine rings is 1. The first kappa shape index (κ1) is 10.2. The van der Waals surface area contributed by atoms with Gasteiger partial charge in [-0.2, -0.15) is 0 Å². The van der Waals surface area contributed by atoms with Crippen LogP contribution >= 0.6 is 0 Å². The molecule has 2 rings (SSSR count). The maximum absolute atomic E-state index is 11.4. The van der Waals surface area contributed by atoms with Gasteiger partial charge in [0.2, 0.25) is 11.8 Å². The van der Waals surface area contributed by atoms with Gasteiger partial charge in [0, 0.05) is 6.54 Å². The molecule has 15 heavy (non-hydrogen) atoms. The highest BCUT2D eigenvalue weighted by Gasteiger charge is 2.22. The van der Waals surface area contributed by atoms with E-state index in [0.29, 0.717) is 6.54 Å². The lowest BCUT2D eigenvalue weighted by Crippen LogP contribution is -2.51. The lowest BCUT2D eigenvalue weighted by atomic mass is 10.1. The Balaban J connectivity index is 1.82. The van der Waals surface area contributed by atoms with Gasteiger partial charge in [-0.15, -0.1) is 0 Å². The van der Waals surface area contributed by atoms with Crippen molar-refractivity contribution in [1.29, 1.82) is 0 Å². The molecule has 1 fully saturated rings. The lowest BCUT2D eigenvalue weighted by molar-refractivity contribution is -0.140. The van der Waals surface area contributed by atoms with E-state index in [2.05, 4.69) is 11.4 Å². The average molecular weight is 208 g/mol. The van der Waals surface area contributed by atoms with E-state index in [-0.39, 0.29) is 24.9 Å². The first-order valence-electron chi connectivity index (χ1n) is 5.48. The fraction of sp³-hybridized carbons (Fsp3) is 0.636. The molecule has 0 atom stereocenters. The van der Waals surface area contributed by atoms with Gasteiger partial charge in [0.05, 0.1) is 13.1 Å². The van der Waals surface area contributed by atoms with Gasteiger partial charge in [-0.1, -0.05) is 11.6 Å². The second kappa shape index (κ2) is 4.47. The Labute approximate surface area is 89.3 Å². The van der Waals surface area contributed by atoms with Crippen LogP contribution in [0.5, 0.6) is 0 Å². The Morgan fingerprint density at radius 3 is 3.00 bits per heavy atom. The molecule has 1 aliphatic carbocycles. The van der Waals surface area contributed by atoms with Crippen LogP contribution in [0.15, 0.2) is 11.6 Å². The fourth-order valence-electron chi connectivity index (χ4n) is 2.05. The highest BCUT2D eigenvalue weighted by Crippen LogP contribution is 2.20. The quantitative estimate of drug-likeness (QED) is 0.684. The summed E-state index contributed by atoms with van der Waals surface area (Å²) in [5.74, 6) is -0.0109. The predicted molar refractivity (Wildman–Crippen MR) is 56.1 cm³/mol. The van der Waals surface area contributed by atoms with Crippen LogP contribution in [0, 0.1) is 0 Å². The standard InChI is InChI=1S/C11H16N2O2/c14-10-8-13(11(15)7-12-10)6-5-9-3-1-2-4-9/h3H,1-2,4-8H2,(H,12,14). The number of hydrogen-bond donors (Lipinski definition) is 1. The molecule has 4 nitrogen and oxygen atoms in total. The molecule has 0 aromatic carbocycles. The van der Waals surface area contributed by atoms with Crippen LogP contribution in [-0.4, -0.2) is 36.3 Å². The van der Waals surface area contributed by atoms with Gasteiger partial charge in [0.15, 0.2) is 0 Å². The summed E-state index contributed by atoms with van der Waals surface area (Å²) in [6, 6.07) is 0. The van der Waals surface area contributed by atoms with Gasteiger partial charge in [0.25, 0.3) is 0 Å². The van der Waals surface area contributed by atoms with E-state index >= 15 is 0 Å². The summed E-state index contributed by atoms with van der Waals surface area (Å²) in [7, 11) is 0. The molecule has 1 aliphatic heterocycles. The van der Waals surface area contributed by atoms with E-state index in [9.17, 15) is 9.59 Å². The molecule has 1 heterocycles. The normalized spacial score (nSPS) is 21.6. The number of rotatable bonds is 3. The molecule has 1 saturated heterocycles. The minimum Gasteiger partial charge on any atom is -0.345 e. The van der Waals surface area contributed by atoms with Gasteiger partial charge in [-0.05, 0) is 25.7 Å². The molecule has 2 aliphatic rings. The second-order valence-electron chi connectivity index (χ2n) is 4.10. The highest BCUT2D eigenvalue weighted by atomic mass is 16.2. The van der Waals surface area contributed by atoms with Crippen LogP contribution in [0.3, 0.4) is 0 Å². The summed E-state index contributed by atoms with van der Waals surface area (Å²) in [6.07, 6.45) is 6.76. The topological polar surface area (TPSA) is 49.4 Å². The van der Waals surface area contributed by atoms with Crippen LogP contribution in [-0.2, 0) is 9.59 Å². The third-order valence-electron chi connectivity index (χ3n) is 2.96. The third-order valence-corrected chi connectivity index (χ3v) is 2.96. The smallest absolute Gasteiger partial charge is 0.242 e. The zero-order chi connectivity index (χ0) is 10.7. The zero-order valence-electron chi connectivity index (χ0n) is 8.79. The summed E-state index contributed by atoms with van der Waals surface area (Å²) in [6.45, 7) is 1.09. The lowest BCUT2D eigenvalue weighted by Gasteiger charge is -2.26. The Hall–Kier alpha value is -1.32. The van der Waals surface area contributed by atoms with Gasteiger partial charge in [-0.3, -0.25) is 9.59 Å². The summed E-state index contributed by atoms with van der Waals surface area (Å²) in [5, 5.41) is 2.54. The van der Waals surface area contributed by atoms with E-state index in [1.54, 1.807) is 4.90 Å². The molecule has 0 bridgehead atoms. The minimum atomic E-state index is -0.0463. The van der Waals surface area contributed by atoms with Crippen LogP contribution in [0.25, 0.3) is 0 Å². The molecule has 0 spiro atoms. The Morgan fingerprint density at radius 1 is 1.40 bits per heavy atom. The molecular weight excluding hydrogens is 192 g/mol. The Bertz CT molecular complexity index is 310. The summed E-state index contributed by atoms with van der Waals surface area (Å²) < 4.78 is 0. The summed E-state index contributed by atoms with van der Waals surface area (Å²) >= 11 is 0. The van der Waals surface area contributed by atoms with Crippen molar-refractivity contribution in [3.63, 3.8) is 0 Å².